The van der Waals surface area contributed by atoms with Crippen LogP contribution in [0.2, 0.25) is 0 Å². The number of benzene rings is 1. The van der Waals surface area contributed by atoms with Crippen LogP contribution in [0, 0.1) is 10.1 Å². The van der Waals surface area contributed by atoms with E-state index in [2.05, 4.69) is 0 Å². The van der Waals surface area contributed by atoms with Crippen LogP contribution < -0.4 is 0 Å². The number of carbonyl (C=O) groups is 1. The SMILES string of the molecule is CC(=O)CCc1ccc(O)cc1[N+](=O)[O-]. The summed E-state index contributed by atoms with van der Waals surface area (Å²) < 4.78 is 0. The molecule has 0 saturated carbocycles. The Morgan fingerprint density at radius 1 is 1.53 bits per heavy atom. The summed E-state index contributed by atoms with van der Waals surface area (Å²) in [6.45, 7) is 1.44. The van der Waals surface area contributed by atoms with E-state index >= 15 is 0 Å². The Balaban J connectivity index is 2.95. The van der Waals surface area contributed by atoms with Crippen LogP contribution in [0.3, 0.4) is 0 Å². The van der Waals surface area contributed by atoms with Crippen molar-refractivity contribution in [3.05, 3.63) is 33.9 Å². The minimum Gasteiger partial charge on any atom is -0.508 e. The van der Waals surface area contributed by atoms with Gasteiger partial charge in [0.15, 0.2) is 0 Å². The van der Waals surface area contributed by atoms with Crippen LogP contribution in [0.4, 0.5) is 5.69 Å². The molecule has 5 heteroatoms. The second-order valence-electron chi connectivity index (χ2n) is 3.27. The van der Waals surface area contributed by atoms with Crippen molar-refractivity contribution in [1.82, 2.24) is 0 Å². The van der Waals surface area contributed by atoms with Crippen molar-refractivity contribution in [2.24, 2.45) is 0 Å². The summed E-state index contributed by atoms with van der Waals surface area (Å²) in [4.78, 5) is 20.8. The molecular weight excluding hydrogens is 198 g/mol. The van der Waals surface area contributed by atoms with Gasteiger partial charge in [-0.2, -0.15) is 0 Å². The molecule has 0 unspecified atom stereocenters. The molecule has 1 N–H and O–H groups in total. The van der Waals surface area contributed by atoms with Gasteiger partial charge in [-0.05, 0) is 25.5 Å². The Morgan fingerprint density at radius 2 is 2.20 bits per heavy atom. The maximum Gasteiger partial charge on any atom is 0.276 e. The highest BCUT2D eigenvalue weighted by molar-refractivity contribution is 5.75. The van der Waals surface area contributed by atoms with Crippen LogP contribution in [-0.2, 0) is 11.2 Å². The number of phenols is 1. The first-order valence-corrected chi connectivity index (χ1v) is 4.46. The molecule has 0 aliphatic rings. The highest BCUT2D eigenvalue weighted by atomic mass is 16.6. The zero-order valence-corrected chi connectivity index (χ0v) is 8.27. The topological polar surface area (TPSA) is 80.4 Å². The van der Waals surface area contributed by atoms with E-state index in [9.17, 15) is 14.9 Å². The quantitative estimate of drug-likeness (QED) is 0.605. The predicted molar refractivity (Wildman–Crippen MR) is 53.8 cm³/mol. The average Bonchev–Trinajstić information content (AvgIpc) is 2.15. The van der Waals surface area contributed by atoms with Gasteiger partial charge in [0.05, 0.1) is 11.0 Å². The summed E-state index contributed by atoms with van der Waals surface area (Å²) in [6.07, 6.45) is 0.595. The van der Waals surface area contributed by atoms with Crippen molar-refractivity contribution in [3.63, 3.8) is 0 Å². The van der Waals surface area contributed by atoms with Gasteiger partial charge in [-0.25, -0.2) is 0 Å². The number of Topliss-reactive ketones (excluding diaryl/α,β-unsaturated/α-hetero) is 1. The first-order chi connectivity index (χ1) is 7.00. The number of carbonyl (C=O) groups excluding carboxylic acids is 1. The van der Waals surface area contributed by atoms with Crippen LogP contribution in [0.15, 0.2) is 18.2 Å². The smallest absolute Gasteiger partial charge is 0.276 e. The second kappa shape index (κ2) is 4.54. The molecule has 0 fully saturated rings. The standard InChI is InChI=1S/C10H11NO4/c1-7(12)2-3-8-4-5-9(13)6-10(8)11(14)15/h4-6,13H,2-3H2,1H3. The van der Waals surface area contributed by atoms with Crippen LogP contribution in [-0.4, -0.2) is 15.8 Å². The summed E-state index contributed by atoms with van der Waals surface area (Å²) >= 11 is 0. The number of aryl methyl sites for hydroxylation is 1. The van der Waals surface area contributed by atoms with E-state index in [0.717, 1.165) is 6.07 Å². The Kier molecular flexibility index (Phi) is 3.38. The van der Waals surface area contributed by atoms with Crippen LogP contribution in [0.25, 0.3) is 0 Å². The third-order valence-electron chi connectivity index (χ3n) is 2.01. The molecule has 80 valence electrons. The third-order valence-corrected chi connectivity index (χ3v) is 2.01. The average molecular weight is 209 g/mol. The van der Waals surface area contributed by atoms with Crippen LogP contribution in [0.1, 0.15) is 18.9 Å². The number of hydrogen-bond acceptors (Lipinski definition) is 4. The maximum absolute atomic E-state index is 10.7. The lowest BCUT2D eigenvalue weighted by Gasteiger charge is -2.01. The minimum atomic E-state index is -0.560. The molecule has 5 nitrogen and oxygen atoms in total. The van der Waals surface area contributed by atoms with Gasteiger partial charge in [0, 0.05) is 12.0 Å². The fourth-order valence-electron chi connectivity index (χ4n) is 1.24. The van der Waals surface area contributed by atoms with E-state index in [1.165, 1.54) is 19.1 Å². The molecule has 1 aromatic carbocycles. The fraction of sp³-hybridized carbons (Fsp3) is 0.300. The van der Waals surface area contributed by atoms with E-state index < -0.39 is 4.92 Å². The largest absolute Gasteiger partial charge is 0.508 e. The van der Waals surface area contributed by atoms with Crippen LogP contribution >= 0.6 is 0 Å². The normalized spacial score (nSPS) is 9.93. The van der Waals surface area contributed by atoms with Gasteiger partial charge in [-0.15, -0.1) is 0 Å². The molecule has 15 heavy (non-hydrogen) atoms. The molecule has 0 aliphatic heterocycles. The molecule has 0 spiro atoms. The van der Waals surface area contributed by atoms with E-state index in [-0.39, 0.29) is 23.6 Å². The molecule has 0 bridgehead atoms. The number of nitro groups is 1. The highest BCUT2D eigenvalue weighted by Crippen LogP contribution is 2.24. The van der Waals surface area contributed by atoms with Gasteiger partial charge < -0.3 is 9.90 Å². The number of hydrogen-bond donors (Lipinski definition) is 1. The summed E-state index contributed by atoms with van der Waals surface area (Å²) in [5, 5.41) is 19.7. The maximum atomic E-state index is 10.7. The molecule has 1 aromatic rings. The Bertz CT molecular complexity index is 400. The second-order valence-corrected chi connectivity index (χ2v) is 3.27. The number of aromatic hydroxyl groups is 1. The van der Waals surface area contributed by atoms with Crippen molar-refractivity contribution in [2.45, 2.75) is 19.8 Å². The van der Waals surface area contributed by atoms with Gasteiger partial charge in [0.2, 0.25) is 0 Å². The molecule has 0 atom stereocenters. The molecule has 0 aliphatic carbocycles. The lowest BCUT2D eigenvalue weighted by Crippen LogP contribution is -1.98. The monoisotopic (exact) mass is 209 g/mol. The highest BCUT2D eigenvalue weighted by Gasteiger charge is 2.14. The van der Waals surface area contributed by atoms with Gasteiger partial charge >= 0.3 is 0 Å². The van der Waals surface area contributed by atoms with Gasteiger partial charge in [-0.3, -0.25) is 10.1 Å². The molecule has 0 heterocycles. The van der Waals surface area contributed by atoms with Crippen molar-refractivity contribution >= 4 is 11.5 Å². The number of nitrogens with zero attached hydrogens (tertiary/aromatic N) is 1. The third kappa shape index (κ3) is 3.05. The van der Waals surface area contributed by atoms with Crippen molar-refractivity contribution < 1.29 is 14.8 Å². The first kappa shape index (κ1) is 11.2. The molecule has 0 saturated heterocycles. The summed E-state index contributed by atoms with van der Waals surface area (Å²) in [5.41, 5.74) is 0.323. The number of nitro benzene ring substituents is 1. The summed E-state index contributed by atoms with van der Waals surface area (Å²) in [7, 11) is 0. The van der Waals surface area contributed by atoms with Gasteiger partial charge in [-0.1, -0.05) is 0 Å². The van der Waals surface area contributed by atoms with E-state index in [4.69, 9.17) is 5.11 Å². The van der Waals surface area contributed by atoms with Gasteiger partial charge in [0.1, 0.15) is 11.5 Å². The van der Waals surface area contributed by atoms with Crippen LogP contribution in [0.5, 0.6) is 5.75 Å². The molecule has 0 radical (unpaired) electrons. The molecule has 1 rings (SSSR count). The lowest BCUT2D eigenvalue weighted by molar-refractivity contribution is -0.385. The van der Waals surface area contributed by atoms with E-state index in [0.29, 0.717) is 12.0 Å². The number of ketones is 1. The summed E-state index contributed by atoms with van der Waals surface area (Å²) in [5.74, 6) is -0.161. The number of phenolic OH excluding ortho intramolecular Hbond substituents is 1. The predicted octanol–water partition coefficient (Wildman–Crippen LogP) is 1.82. The van der Waals surface area contributed by atoms with Crippen molar-refractivity contribution in [3.8, 4) is 5.75 Å². The van der Waals surface area contributed by atoms with Gasteiger partial charge in [0.25, 0.3) is 5.69 Å². The first-order valence-electron chi connectivity index (χ1n) is 4.46. The molecule has 0 amide bonds. The Morgan fingerprint density at radius 3 is 2.73 bits per heavy atom. The zero-order chi connectivity index (χ0) is 11.4. The molecular formula is C10H11NO4. The Labute approximate surface area is 86.5 Å². The fourth-order valence-corrected chi connectivity index (χ4v) is 1.24. The zero-order valence-electron chi connectivity index (χ0n) is 8.27. The lowest BCUT2D eigenvalue weighted by atomic mass is 10.1. The number of rotatable bonds is 4. The minimum absolute atomic E-state index is 0.0163. The summed E-state index contributed by atoms with van der Waals surface area (Å²) in [6, 6.07) is 3.94. The van der Waals surface area contributed by atoms with E-state index in [1.807, 2.05) is 0 Å². The van der Waals surface area contributed by atoms with E-state index in [1.54, 1.807) is 0 Å². The van der Waals surface area contributed by atoms with Crippen molar-refractivity contribution in [1.29, 1.82) is 0 Å². The Hall–Kier alpha value is -1.91. The molecule has 0 aromatic heterocycles. The van der Waals surface area contributed by atoms with Crippen molar-refractivity contribution in [2.75, 3.05) is 0 Å².